The Kier molecular flexibility index (Phi) is 9.09. The van der Waals surface area contributed by atoms with Crippen LogP contribution in [-0.4, -0.2) is 38.4 Å². The molecule has 1 N–H and O–H groups in total. The van der Waals surface area contributed by atoms with E-state index in [0.717, 1.165) is 12.8 Å². The average Bonchev–Trinajstić information content (AvgIpc) is 2.25. The van der Waals surface area contributed by atoms with E-state index in [0.29, 0.717) is 19.1 Å². The van der Waals surface area contributed by atoms with E-state index in [9.17, 15) is 4.79 Å². The summed E-state index contributed by atoms with van der Waals surface area (Å²) < 4.78 is 10.2. The lowest BCUT2D eigenvalue weighted by atomic mass is 10.1. The van der Waals surface area contributed by atoms with E-state index in [4.69, 9.17) is 9.47 Å². The quantitative estimate of drug-likeness (QED) is 0.498. The van der Waals surface area contributed by atoms with Crippen LogP contribution in [0.3, 0.4) is 0 Å². The molecule has 0 fully saturated rings. The normalized spacial score (nSPS) is 13.1. The Morgan fingerprint density at radius 2 is 1.88 bits per heavy atom. The van der Waals surface area contributed by atoms with Crippen LogP contribution in [0.5, 0.6) is 0 Å². The zero-order chi connectivity index (χ0) is 13.3. The van der Waals surface area contributed by atoms with Crippen molar-refractivity contribution in [2.24, 2.45) is 5.92 Å². The number of esters is 1. The summed E-state index contributed by atoms with van der Waals surface area (Å²) in [5.74, 6) is 0.436. The molecule has 0 aromatic rings. The second-order valence-electron chi connectivity index (χ2n) is 5.01. The van der Waals surface area contributed by atoms with E-state index in [-0.39, 0.29) is 18.1 Å². The minimum absolute atomic E-state index is 0.235. The molecule has 0 aromatic carbocycles. The summed E-state index contributed by atoms with van der Waals surface area (Å²) in [5, 5.41) is 3.13. The van der Waals surface area contributed by atoms with Crippen molar-refractivity contribution in [1.29, 1.82) is 0 Å². The summed E-state index contributed by atoms with van der Waals surface area (Å²) in [7, 11) is 1.40. The summed E-state index contributed by atoms with van der Waals surface area (Å²) in [5.41, 5.74) is 0. The average molecular weight is 245 g/mol. The van der Waals surface area contributed by atoms with Crippen LogP contribution in [0, 0.1) is 5.92 Å². The van der Waals surface area contributed by atoms with E-state index in [1.54, 1.807) is 0 Å². The van der Waals surface area contributed by atoms with Crippen molar-refractivity contribution in [2.75, 3.05) is 20.3 Å². The van der Waals surface area contributed by atoms with Crippen LogP contribution in [0.2, 0.25) is 0 Å². The smallest absolute Gasteiger partial charge is 0.325 e. The zero-order valence-electron chi connectivity index (χ0n) is 11.8. The van der Waals surface area contributed by atoms with Gasteiger partial charge in [-0.25, -0.2) is 0 Å². The molecule has 4 nitrogen and oxygen atoms in total. The third kappa shape index (κ3) is 9.12. The Balaban J connectivity index is 3.80. The highest BCUT2D eigenvalue weighted by molar-refractivity contribution is 5.75. The first-order valence-corrected chi connectivity index (χ1v) is 6.39. The van der Waals surface area contributed by atoms with Gasteiger partial charge in [0.05, 0.1) is 13.7 Å². The van der Waals surface area contributed by atoms with Crippen LogP contribution >= 0.6 is 0 Å². The molecule has 0 heterocycles. The Labute approximate surface area is 105 Å². The van der Waals surface area contributed by atoms with Crippen molar-refractivity contribution in [3.63, 3.8) is 0 Å². The molecule has 0 rings (SSSR count). The molecule has 1 unspecified atom stereocenters. The molecule has 1 atom stereocenters. The van der Waals surface area contributed by atoms with Gasteiger partial charge in [-0.2, -0.15) is 0 Å². The predicted molar refractivity (Wildman–Crippen MR) is 69.0 cm³/mol. The van der Waals surface area contributed by atoms with Gasteiger partial charge in [-0.3, -0.25) is 4.79 Å². The maximum absolute atomic E-state index is 11.5. The van der Waals surface area contributed by atoms with Crippen molar-refractivity contribution >= 4 is 5.97 Å². The van der Waals surface area contributed by atoms with Gasteiger partial charge in [-0.15, -0.1) is 0 Å². The molecule has 0 amide bonds. The Hall–Kier alpha value is -0.610. The Morgan fingerprint density at radius 3 is 2.35 bits per heavy atom. The third-order valence-corrected chi connectivity index (χ3v) is 2.37. The maximum Gasteiger partial charge on any atom is 0.325 e. The van der Waals surface area contributed by atoms with Crippen molar-refractivity contribution in [2.45, 2.75) is 52.6 Å². The third-order valence-electron chi connectivity index (χ3n) is 2.37. The highest BCUT2D eigenvalue weighted by Gasteiger charge is 2.19. The van der Waals surface area contributed by atoms with E-state index in [2.05, 4.69) is 19.2 Å². The highest BCUT2D eigenvalue weighted by atomic mass is 16.5. The fourth-order valence-corrected chi connectivity index (χ4v) is 1.52. The Morgan fingerprint density at radius 1 is 1.24 bits per heavy atom. The van der Waals surface area contributed by atoms with Gasteiger partial charge in [-0.1, -0.05) is 27.7 Å². The number of carbonyl (C=O) groups is 1. The molecule has 0 aliphatic carbocycles. The van der Waals surface area contributed by atoms with Gasteiger partial charge in [0.25, 0.3) is 0 Å². The second-order valence-corrected chi connectivity index (χ2v) is 5.01. The minimum atomic E-state index is -0.362. The molecule has 4 heteroatoms. The number of nitrogens with one attached hydrogen (secondary N) is 1. The number of hydrogen-bond donors (Lipinski definition) is 1. The van der Waals surface area contributed by atoms with Gasteiger partial charge in [0.1, 0.15) is 6.04 Å². The topological polar surface area (TPSA) is 47.6 Å². The van der Waals surface area contributed by atoms with E-state index in [1.165, 1.54) is 7.11 Å². The van der Waals surface area contributed by atoms with Crippen LogP contribution in [0.4, 0.5) is 0 Å². The zero-order valence-corrected chi connectivity index (χ0v) is 11.8. The standard InChI is InChI=1S/C13H27NO3/c1-10(2)7-6-8-17-9-12(13(15)16-5)14-11(3)4/h10-12,14H,6-9H2,1-5H3. The fraction of sp³-hybridized carbons (Fsp3) is 0.923. The molecule has 0 saturated heterocycles. The van der Waals surface area contributed by atoms with Crippen molar-refractivity contribution in [3.8, 4) is 0 Å². The highest BCUT2D eigenvalue weighted by Crippen LogP contribution is 2.03. The van der Waals surface area contributed by atoms with Crippen LogP contribution in [0.25, 0.3) is 0 Å². The van der Waals surface area contributed by atoms with Crippen molar-refractivity contribution in [3.05, 3.63) is 0 Å². The summed E-state index contributed by atoms with van der Waals surface area (Å²) in [6.07, 6.45) is 2.19. The van der Waals surface area contributed by atoms with Gasteiger partial charge in [0.15, 0.2) is 0 Å². The summed E-state index contributed by atoms with van der Waals surface area (Å²) in [4.78, 5) is 11.5. The molecule has 0 bridgehead atoms. The number of carbonyl (C=O) groups excluding carboxylic acids is 1. The number of hydrogen-bond acceptors (Lipinski definition) is 4. The minimum Gasteiger partial charge on any atom is -0.468 e. The summed E-state index contributed by atoms with van der Waals surface area (Å²) in [6.45, 7) is 9.45. The van der Waals surface area contributed by atoms with Gasteiger partial charge >= 0.3 is 5.97 Å². The lowest BCUT2D eigenvalue weighted by molar-refractivity contribution is -0.145. The van der Waals surface area contributed by atoms with Crippen LogP contribution in [0.1, 0.15) is 40.5 Å². The largest absolute Gasteiger partial charge is 0.468 e. The van der Waals surface area contributed by atoms with Gasteiger partial charge in [0, 0.05) is 12.6 Å². The predicted octanol–water partition coefficient (Wildman–Crippen LogP) is 1.98. The van der Waals surface area contributed by atoms with Crippen LogP contribution < -0.4 is 5.32 Å². The van der Waals surface area contributed by atoms with E-state index in [1.807, 2.05) is 13.8 Å². The summed E-state index contributed by atoms with van der Waals surface area (Å²) in [6, 6.07) is -0.127. The monoisotopic (exact) mass is 245 g/mol. The fourth-order valence-electron chi connectivity index (χ4n) is 1.52. The molecule has 0 saturated carbocycles. The molecule has 0 aliphatic heterocycles. The van der Waals surface area contributed by atoms with E-state index >= 15 is 0 Å². The first-order valence-electron chi connectivity index (χ1n) is 6.39. The number of ether oxygens (including phenoxy) is 2. The molecular weight excluding hydrogens is 218 g/mol. The second kappa shape index (κ2) is 9.42. The van der Waals surface area contributed by atoms with Crippen molar-refractivity contribution < 1.29 is 14.3 Å². The molecule has 0 aliphatic rings. The number of methoxy groups -OCH3 is 1. The molecule has 0 radical (unpaired) electrons. The van der Waals surface area contributed by atoms with Crippen LogP contribution in [-0.2, 0) is 14.3 Å². The first kappa shape index (κ1) is 16.4. The maximum atomic E-state index is 11.5. The first-order chi connectivity index (χ1) is 7.97. The van der Waals surface area contributed by atoms with Crippen LogP contribution in [0.15, 0.2) is 0 Å². The van der Waals surface area contributed by atoms with Gasteiger partial charge in [-0.05, 0) is 18.8 Å². The number of rotatable bonds is 9. The lowest BCUT2D eigenvalue weighted by Gasteiger charge is -2.19. The summed E-state index contributed by atoms with van der Waals surface area (Å²) >= 11 is 0. The molecule has 102 valence electrons. The molecular formula is C13H27NO3. The van der Waals surface area contributed by atoms with Gasteiger partial charge < -0.3 is 14.8 Å². The SMILES string of the molecule is COC(=O)C(COCCCC(C)C)NC(C)C. The van der Waals surface area contributed by atoms with E-state index < -0.39 is 0 Å². The molecule has 17 heavy (non-hydrogen) atoms. The molecule has 0 aromatic heterocycles. The van der Waals surface area contributed by atoms with Gasteiger partial charge in [0.2, 0.25) is 0 Å². The lowest BCUT2D eigenvalue weighted by Crippen LogP contribution is -2.44. The van der Waals surface area contributed by atoms with Crippen molar-refractivity contribution in [1.82, 2.24) is 5.32 Å². The Bertz CT molecular complexity index is 205. The molecule has 0 spiro atoms.